The van der Waals surface area contributed by atoms with Crippen molar-refractivity contribution in [2.75, 3.05) is 0 Å². The second kappa shape index (κ2) is 8.40. The number of Topliss-reactive ketones (excluding diaryl/α,β-unsaturated/α-hetero) is 1. The molecule has 1 fully saturated rings. The van der Waals surface area contributed by atoms with Gasteiger partial charge in [-0.3, -0.25) is 14.4 Å². The predicted octanol–water partition coefficient (Wildman–Crippen LogP) is 4.28. The molecule has 136 valence electrons. The van der Waals surface area contributed by atoms with E-state index in [9.17, 15) is 23.9 Å². The van der Waals surface area contributed by atoms with Crippen molar-refractivity contribution < 1.29 is 23.9 Å². The molecule has 1 atom stereocenters. The SMILES string of the molecule is CCCCC1Cc2c(cc(F)c(O)c2Br)C1=O.O=C1CCC(=O)N1Br. The Labute approximate surface area is 162 Å². The van der Waals surface area contributed by atoms with Gasteiger partial charge in [0.2, 0.25) is 11.8 Å². The number of hydrogen-bond donors (Lipinski definition) is 1. The molecular formula is C17H18Br2FNO4. The monoisotopic (exact) mass is 477 g/mol. The van der Waals surface area contributed by atoms with Crippen LogP contribution in [0.15, 0.2) is 10.5 Å². The summed E-state index contributed by atoms with van der Waals surface area (Å²) in [5.74, 6) is -1.46. The lowest BCUT2D eigenvalue weighted by Crippen LogP contribution is -2.16. The number of aromatic hydroxyl groups is 1. The number of fused-ring (bicyclic) bond motifs is 1. The first kappa shape index (κ1) is 20.0. The summed E-state index contributed by atoms with van der Waals surface area (Å²) in [6.07, 6.45) is 4.17. The van der Waals surface area contributed by atoms with Gasteiger partial charge in [-0.15, -0.1) is 0 Å². The number of rotatable bonds is 3. The third kappa shape index (κ3) is 4.28. The highest BCUT2D eigenvalue weighted by atomic mass is 79.9. The van der Waals surface area contributed by atoms with Crippen LogP contribution in [0.5, 0.6) is 5.75 Å². The van der Waals surface area contributed by atoms with Gasteiger partial charge in [-0.05, 0) is 40.4 Å². The van der Waals surface area contributed by atoms with Crippen LogP contribution in [-0.2, 0) is 16.0 Å². The van der Waals surface area contributed by atoms with E-state index in [0.29, 0.717) is 29.3 Å². The zero-order chi connectivity index (χ0) is 18.7. The molecule has 1 aromatic rings. The van der Waals surface area contributed by atoms with Crippen molar-refractivity contribution >= 4 is 49.7 Å². The smallest absolute Gasteiger partial charge is 0.239 e. The first-order valence-electron chi connectivity index (χ1n) is 8.03. The molecule has 2 aliphatic rings. The number of phenolic OH excluding ortho intramolecular Hbond substituents is 1. The van der Waals surface area contributed by atoms with E-state index in [1.54, 1.807) is 0 Å². The van der Waals surface area contributed by atoms with E-state index in [2.05, 4.69) is 39.0 Å². The average Bonchev–Trinajstić information content (AvgIpc) is 3.06. The molecule has 1 unspecified atom stereocenters. The molecule has 5 nitrogen and oxygen atoms in total. The maximum Gasteiger partial charge on any atom is 0.239 e. The lowest BCUT2D eigenvalue weighted by atomic mass is 9.98. The topological polar surface area (TPSA) is 74.7 Å². The number of nitrogens with zero attached hydrogens (tertiary/aromatic N) is 1. The summed E-state index contributed by atoms with van der Waals surface area (Å²) in [6, 6.07) is 1.16. The second-order valence-electron chi connectivity index (χ2n) is 6.02. The van der Waals surface area contributed by atoms with Gasteiger partial charge >= 0.3 is 0 Å². The Morgan fingerprint density at radius 3 is 2.36 bits per heavy atom. The summed E-state index contributed by atoms with van der Waals surface area (Å²) in [4.78, 5) is 32.9. The predicted molar refractivity (Wildman–Crippen MR) is 96.8 cm³/mol. The summed E-state index contributed by atoms with van der Waals surface area (Å²) < 4.78 is 14.7. The molecule has 1 aliphatic carbocycles. The highest BCUT2D eigenvalue weighted by molar-refractivity contribution is 9.10. The van der Waals surface area contributed by atoms with E-state index in [-0.39, 0.29) is 23.5 Å². The van der Waals surface area contributed by atoms with Crippen molar-refractivity contribution in [2.24, 2.45) is 5.92 Å². The summed E-state index contributed by atoms with van der Waals surface area (Å²) in [7, 11) is 0. The number of halogens is 3. The van der Waals surface area contributed by atoms with E-state index >= 15 is 0 Å². The fourth-order valence-electron chi connectivity index (χ4n) is 2.86. The Morgan fingerprint density at radius 2 is 1.88 bits per heavy atom. The zero-order valence-electron chi connectivity index (χ0n) is 13.7. The Balaban J connectivity index is 0.000000236. The molecule has 2 amide bonds. The fourth-order valence-corrected chi connectivity index (χ4v) is 3.78. The Kier molecular flexibility index (Phi) is 6.73. The first-order valence-corrected chi connectivity index (χ1v) is 9.53. The lowest BCUT2D eigenvalue weighted by Gasteiger charge is -2.05. The van der Waals surface area contributed by atoms with Crippen LogP contribution in [-0.4, -0.2) is 26.6 Å². The van der Waals surface area contributed by atoms with Gasteiger partial charge in [-0.1, -0.05) is 19.8 Å². The quantitative estimate of drug-likeness (QED) is 0.519. The van der Waals surface area contributed by atoms with Gasteiger partial charge in [-0.25, -0.2) is 8.32 Å². The van der Waals surface area contributed by atoms with Gasteiger partial charge in [0.1, 0.15) is 0 Å². The number of imide groups is 1. The number of benzene rings is 1. The van der Waals surface area contributed by atoms with E-state index in [0.717, 1.165) is 34.8 Å². The highest BCUT2D eigenvalue weighted by Gasteiger charge is 2.33. The standard InChI is InChI=1S/C13H14BrFO2.C4H4BrNO2/c1-2-3-4-7-5-8-9(12(7)16)6-10(15)13(17)11(8)14;5-6-3(7)1-2-4(6)8/h6-7,17H,2-5H2,1H3;1-2H2. The Hall–Kier alpha value is -1.28. The summed E-state index contributed by atoms with van der Waals surface area (Å²) >= 11 is 5.97. The number of carbonyl (C=O) groups excluding carboxylic acids is 3. The number of carbonyl (C=O) groups is 3. The van der Waals surface area contributed by atoms with Crippen LogP contribution >= 0.6 is 32.1 Å². The molecule has 0 spiro atoms. The molecular weight excluding hydrogens is 461 g/mol. The number of hydrogen-bond acceptors (Lipinski definition) is 4. The van der Waals surface area contributed by atoms with Crippen LogP contribution < -0.4 is 0 Å². The van der Waals surface area contributed by atoms with Gasteiger partial charge in [0.25, 0.3) is 0 Å². The van der Waals surface area contributed by atoms with Crippen molar-refractivity contribution in [2.45, 2.75) is 45.4 Å². The molecule has 0 bridgehead atoms. The summed E-state index contributed by atoms with van der Waals surface area (Å²) in [5.41, 5.74) is 1.17. The van der Waals surface area contributed by atoms with Crippen LogP contribution in [0.25, 0.3) is 0 Å². The summed E-state index contributed by atoms with van der Waals surface area (Å²) in [6.45, 7) is 2.08. The van der Waals surface area contributed by atoms with Crippen molar-refractivity contribution in [1.82, 2.24) is 3.93 Å². The first-order chi connectivity index (χ1) is 11.8. The molecule has 25 heavy (non-hydrogen) atoms. The minimum Gasteiger partial charge on any atom is -0.504 e. The van der Waals surface area contributed by atoms with Crippen LogP contribution in [0.2, 0.25) is 0 Å². The number of unbranched alkanes of at least 4 members (excludes halogenated alkanes) is 1. The second-order valence-corrected chi connectivity index (χ2v) is 7.53. The molecule has 1 aromatic carbocycles. The normalized spacial score (nSPS) is 19.1. The maximum absolute atomic E-state index is 13.4. The van der Waals surface area contributed by atoms with E-state index in [1.165, 1.54) is 0 Å². The fraction of sp³-hybridized carbons (Fsp3) is 0.471. The van der Waals surface area contributed by atoms with Crippen LogP contribution in [0.1, 0.15) is 54.9 Å². The average molecular weight is 479 g/mol. The van der Waals surface area contributed by atoms with Gasteiger partial charge in [0.15, 0.2) is 17.3 Å². The molecule has 0 saturated carbocycles. The van der Waals surface area contributed by atoms with Gasteiger partial charge in [-0.2, -0.15) is 0 Å². The number of phenols is 1. The Bertz CT molecular complexity index is 707. The molecule has 0 radical (unpaired) electrons. The minimum absolute atomic E-state index is 0.00745. The van der Waals surface area contributed by atoms with Crippen LogP contribution in [0.3, 0.4) is 0 Å². The summed E-state index contributed by atoms with van der Waals surface area (Å²) in [5, 5.41) is 9.49. The largest absolute Gasteiger partial charge is 0.504 e. The molecule has 3 rings (SSSR count). The minimum atomic E-state index is -0.736. The molecule has 1 heterocycles. The molecule has 8 heteroatoms. The van der Waals surface area contributed by atoms with E-state index < -0.39 is 11.6 Å². The molecule has 1 aliphatic heterocycles. The Morgan fingerprint density at radius 1 is 1.28 bits per heavy atom. The zero-order valence-corrected chi connectivity index (χ0v) is 16.8. The molecule has 1 saturated heterocycles. The molecule has 0 aromatic heterocycles. The van der Waals surface area contributed by atoms with Gasteiger partial charge in [0.05, 0.1) is 20.6 Å². The van der Waals surface area contributed by atoms with Crippen molar-refractivity contribution in [3.63, 3.8) is 0 Å². The van der Waals surface area contributed by atoms with Gasteiger partial charge in [0, 0.05) is 24.3 Å². The molecule has 1 N–H and O–H groups in total. The highest BCUT2D eigenvalue weighted by Crippen LogP contribution is 2.40. The van der Waals surface area contributed by atoms with E-state index in [1.807, 2.05) is 0 Å². The lowest BCUT2D eigenvalue weighted by molar-refractivity contribution is -0.131. The van der Waals surface area contributed by atoms with E-state index in [4.69, 9.17) is 0 Å². The number of amides is 2. The third-order valence-electron chi connectivity index (χ3n) is 4.28. The van der Waals surface area contributed by atoms with Crippen LogP contribution in [0, 0.1) is 11.7 Å². The van der Waals surface area contributed by atoms with Crippen molar-refractivity contribution in [3.05, 3.63) is 27.5 Å². The maximum atomic E-state index is 13.4. The van der Waals surface area contributed by atoms with Crippen LogP contribution in [0.4, 0.5) is 4.39 Å². The number of ketones is 1. The third-order valence-corrected chi connectivity index (χ3v) is 5.92. The van der Waals surface area contributed by atoms with Crippen molar-refractivity contribution in [3.8, 4) is 5.75 Å². The van der Waals surface area contributed by atoms with Crippen molar-refractivity contribution in [1.29, 1.82) is 0 Å². The van der Waals surface area contributed by atoms with Gasteiger partial charge < -0.3 is 5.11 Å².